The molecule has 2 amide bonds. The molecule has 3 aromatic carbocycles. The lowest BCUT2D eigenvalue weighted by Gasteiger charge is -2.18. The molecule has 4 rings (SSSR count). The number of benzene rings is 3. The number of hydrogen-bond donors (Lipinski definition) is 2. The number of amides is 2. The van der Waals surface area contributed by atoms with E-state index < -0.39 is 29.8 Å². The summed E-state index contributed by atoms with van der Waals surface area (Å²) in [5.74, 6) is -1.04. The summed E-state index contributed by atoms with van der Waals surface area (Å²) in [5.41, 5.74) is 1.88. The third-order valence-corrected chi connectivity index (χ3v) is 5.87. The Morgan fingerprint density at radius 3 is 2.02 bits per heavy atom. The van der Waals surface area contributed by atoms with Gasteiger partial charge in [0.2, 0.25) is 0 Å². The number of alkyl carbamates (subject to hydrolysis) is 1. The van der Waals surface area contributed by atoms with E-state index in [-0.39, 0.29) is 25.3 Å². The number of ether oxygens (including phenoxy) is 2. The molecule has 206 valence electrons. The zero-order chi connectivity index (χ0) is 28.5. The summed E-state index contributed by atoms with van der Waals surface area (Å²) in [6.07, 6.45) is -0.869. The predicted molar refractivity (Wildman–Crippen MR) is 143 cm³/mol. The van der Waals surface area contributed by atoms with E-state index >= 15 is 0 Å². The average Bonchev–Trinajstić information content (AvgIpc) is 3.30. The molecule has 0 saturated heterocycles. The average molecular weight is 546 g/mol. The van der Waals surface area contributed by atoms with Crippen molar-refractivity contribution in [1.82, 2.24) is 25.4 Å². The molecule has 0 radical (unpaired) electrons. The molecule has 11 heteroatoms. The highest BCUT2D eigenvalue weighted by Gasteiger charge is 2.25. The third kappa shape index (κ3) is 7.50. The van der Waals surface area contributed by atoms with Gasteiger partial charge in [0.25, 0.3) is 5.91 Å². The topological polar surface area (TPSA) is 124 Å². The molecule has 0 fully saturated rings. The second kappa shape index (κ2) is 13.1. The van der Waals surface area contributed by atoms with Gasteiger partial charge in [-0.3, -0.25) is 9.36 Å². The largest absolute Gasteiger partial charge is 0.459 e. The predicted octanol–water partition coefficient (Wildman–Crippen LogP) is 3.79. The van der Waals surface area contributed by atoms with E-state index in [0.717, 1.165) is 17.2 Å². The van der Waals surface area contributed by atoms with Gasteiger partial charge in [-0.05, 0) is 43.2 Å². The Morgan fingerprint density at radius 2 is 1.43 bits per heavy atom. The van der Waals surface area contributed by atoms with Crippen LogP contribution in [0.25, 0.3) is 5.69 Å². The molecule has 0 aliphatic rings. The zero-order valence-electron chi connectivity index (χ0n) is 22.0. The van der Waals surface area contributed by atoms with Crippen LogP contribution in [0.1, 0.15) is 33.1 Å². The van der Waals surface area contributed by atoms with Gasteiger partial charge in [-0.25, -0.2) is 14.0 Å². The van der Waals surface area contributed by atoms with Crippen LogP contribution in [-0.2, 0) is 27.5 Å². The molecule has 1 atom stereocenters. The van der Waals surface area contributed by atoms with Crippen LogP contribution in [0.15, 0.2) is 78.9 Å². The lowest BCUT2D eigenvalue weighted by atomic mass is 10.1. The van der Waals surface area contributed by atoms with E-state index in [1.807, 2.05) is 12.1 Å². The normalized spacial score (nSPS) is 11.4. The molecule has 0 spiro atoms. The van der Waals surface area contributed by atoms with Gasteiger partial charge in [-0.1, -0.05) is 60.7 Å². The molecule has 40 heavy (non-hydrogen) atoms. The van der Waals surface area contributed by atoms with Crippen molar-refractivity contribution in [3.05, 3.63) is 113 Å². The van der Waals surface area contributed by atoms with Crippen LogP contribution in [0, 0.1) is 19.7 Å². The van der Waals surface area contributed by atoms with Crippen molar-refractivity contribution in [3.8, 4) is 5.69 Å². The minimum absolute atomic E-state index is 0.00515. The Morgan fingerprint density at radius 1 is 0.850 bits per heavy atom. The van der Waals surface area contributed by atoms with Crippen molar-refractivity contribution < 1.29 is 28.2 Å². The molecule has 0 bridgehead atoms. The van der Waals surface area contributed by atoms with Crippen LogP contribution in [0.5, 0.6) is 0 Å². The first kappa shape index (κ1) is 28.0. The maximum Gasteiger partial charge on any atom is 0.408 e. The first-order valence-corrected chi connectivity index (χ1v) is 12.5. The maximum atomic E-state index is 14.4. The van der Waals surface area contributed by atoms with Gasteiger partial charge in [-0.15, -0.1) is 10.2 Å². The van der Waals surface area contributed by atoms with Crippen molar-refractivity contribution in [1.29, 1.82) is 0 Å². The molecule has 1 heterocycles. The summed E-state index contributed by atoms with van der Waals surface area (Å²) < 4.78 is 26.6. The Balaban J connectivity index is 1.44. The summed E-state index contributed by atoms with van der Waals surface area (Å²) in [6, 6.07) is 20.6. The minimum Gasteiger partial charge on any atom is -0.459 e. The number of hydrogen-bond acceptors (Lipinski definition) is 7. The molecular weight excluding hydrogens is 517 g/mol. The molecule has 0 saturated carbocycles. The first-order chi connectivity index (χ1) is 19.3. The van der Waals surface area contributed by atoms with E-state index in [0.29, 0.717) is 17.3 Å². The maximum absolute atomic E-state index is 14.4. The Kier molecular flexibility index (Phi) is 9.19. The van der Waals surface area contributed by atoms with Crippen LogP contribution in [-0.4, -0.2) is 45.3 Å². The van der Waals surface area contributed by atoms with E-state index in [1.54, 1.807) is 66.9 Å². The number of aromatic nitrogens is 3. The number of rotatable bonds is 10. The SMILES string of the molecule is Cc1nnc(C)n1-c1cc(F)cc(C(=O)NC[C@@H](NC(=O)OCc2ccccc2)C(=O)OCc2ccccc2)c1. The minimum atomic E-state index is -1.27. The number of esters is 1. The number of aryl methyl sites for hydroxylation is 2. The Labute approximate surface area is 230 Å². The molecule has 0 unspecified atom stereocenters. The highest BCUT2D eigenvalue weighted by Crippen LogP contribution is 2.17. The summed E-state index contributed by atoms with van der Waals surface area (Å²) in [4.78, 5) is 38.4. The van der Waals surface area contributed by atoms with E-state index in [1.165, 1.54) is 12.1 Å². The third-order valence-electron chi connectivity index (χ3n) is 5.87. The van der Waals surface area contributed by atoms with Gasteiger partial charge in [0.1, 0.15) is 36.7 Å². The molecule has 10 nitrogen and oxygen atoms in total. The molecular formula is C29H28FN5O5. The fraction of sp³-hybridized carbons (Fsp3) is 0.207. The van der Waals surface area contributed by atoms with Gasteiger partial charge in [0.15, 0.2) is 0 Å². The second-order valence-electron chi connectivity index (χ2n) is 8.89. The number of nitrogens with zero attached hydrogens (tertiary/aromatic N) is 3. The molecule has 2 N–H and O–H groups in total. The van der Waals surface area contributed by atoms with Crippen molar-refractivity contribution in [3.63, 3.8) is 0 Å². The first-order valence-electron chi connectivity index (χ1n) is 12.5. The molecule has 1 aromatic heterocycles. The van der Waals surface area contributed by atoms with Crippen molar-refractivity contribution in [2.75, 3.05) is 6.54 Å². The highest BCUT2D eigenvalue weighted by atomic mass is 19.1. The summed E-state index contributed by atoms with van der Waals surface area (Å²) in [6.45, 7) is 3.04. The molecule has 0 aliphatic heterocycles. The fourth-order valence-corrected chi connectivity index (χ4v) is 3.90. The van der Waals surface area contributed by atoms with Gasteiger partial charge in [0.05, 0.1) is 5.69 Å². The van der Waals surface area contributed by atoms with Crippen LogP contribution < -0.4 is 10.6 Å². The van der Waals surface area contributed by atoms with E-state index in [2.05, 4.69) is 20.8 Å². The van der Waals surface area contributed by atoms with Gasteiger partial charge >= 0.3 is 12.1 Å². The van der Waals surface area contributed by atoms with Crippen LogP contribution >= 0.6 is 0 Å². The van der Waals surface area contributed by atoms with E-state index in [4.69, 9.17) is 9.47 Å². The standard InChI is InChI=1S/C29H28FN5O5/c1-19-33-34-20(2)35(19)25-14-23(13-24(30)15-25)27(36)31-16-26(28(37)39-17-21-9-5-3-6-10-21)32-29(38)40-18-22-11-7-4-8-12-22/h3-15,26H,16-18H2,1-2H3,(H,31,36)(H,32,38)/t26-/m1/s1. The molecule has 4 aromatic rings. The number of carbonyl (C=O) groups is 3. The number of carbonyl (C=O) groups excluding carboxylic acids is 3. The van der Waals surface area contributed by atoms with Gasteiger partial charge in [0, 0.05) is 12.1 Å². The van der Waals surface area contributed by atoms with Crippen molar-refractivity contribution in [2.24, 2.45) is 0 Å². The molecule has 0 aliphatic carbocycles. The summed E-state index contributed by atoms with van der Waals surface area (Å²) in [7, 11) is 0. The Bertz CT molecular complexity index is 1460. The smallest absolute Gasteiger partial charge is 0.408 e. The monoisotopic (exact) mass is 545 g/mol. The van der Waals surface area contributed by atoms with Crippen molar-refractivity contribution >= 4 is 18.0 Å². The number of halogens is 1. The van der Waals surface area contributed by atoms with Gasteiger partial charge in [-0.2, -0.15) is 0 Å². The lowest BCUT2D eigenvalue weighted by Crippen LogP contribution is -2.49. The van der Waals surface area contributed by atoms with Crippen molar-refractivity contribution in [2.45, 2.75) is 33.1 Å². The zero-order valence-corrected chi connectivity index (χ0v) is 22.0. The second-order valence-corrected chi connectivity index (χ2v) is 8.89. The van der Waals surface area contributed by atoms with Gasteiger partial charge < -0.3 is 20.1 Å². The lowest BCUT2D eigenvalue weighted by molar-refractivity contribution is -0.147. The number of nitrogens with one attached hydrogen (secondary N) is 2. The highest BCUT2D eigenvalue weighted by molar-refractivity contribution is 5.95. The summed E-state index contributed by atoms with van der Waals surface area (Å²) in [5, 5.41) is 12.9. The summed E-state index contributed by atoms with van der Waals surface area (Å²) >= 11 is 0. The van der Waals surface area contributed by atoms with Crippen LogP contribution in [0.2, 0.25) is 0 Å². The van der Waals surface area contributed by atoms with Crippen LogP contribution in [0.3, 0.4) is 0 Å². The van der Waals surface area contributed by atoms with E-state index in [9.17, 15) is 18.8 Å². The van der Waals surface area contributed by atoms with Crippen LogP contribution in [0.4, 0.5) is 9.18 Å². The Hall–Kier alpha value is -5.06. The fourth-order valence-electron chi connectivity index (χ4n) is 3.90. The quantitative estimate of drug-likeness (QED) is 0.291.